The highest BCUT2D eigenvalue weighted by Crippen LogP contribution is 2.13. The standard InChI is InChI=1S/C13H28N2O2/c1-5-7-12(8-9-14-4)15(10-6-2)13(17)11(3)16/h11-12,14,16H,5-10H2,1-4H3. The summed E-state index contributed by atoms with van der Waals surface area (Å²) in [4.78, 5) is 13.8. The molecule has 2 atom stereocenters. The molecule has 2 unspecified atom stereocenters. The van der Waals surface area contributed by atoms with Crippen molar-refractivity contribution in [1.82, 2.24) is 10.2 Å². The third-order valence-corrected chi connectivity index (χ3v) is 2.90. The van der Waals surface area contributed by atoms with Crippen LogP contribution in [0, 0.1) is 0 Å². The fraction of sp³-hybridized carbons (Fsp3) is 0.923. The lowest BCUT2D eigenvalue weighted by atomic mass is 10.1. The molecule has 0 rings (SSSR count). The van der Waals surface area contributed by atoms with Gasteiger partial charge in [-0.05, 0) is 39.8 Å². The molecule has 1 amide bonds. The Morgan fingerprint density at radius 3 is 2.35 bits per heavy atom. The van der Waals surface area contributed by atoms with Crippen LogP contribution in [0.5, 0.6) is 0 Å². The second kappa shape index (κ2) is 9.42. The highest BCUT2D eigenvalue weighted by molar-refractivity contribution is 5.80. The molecule has 0 radical (unpaired) electrons. The summed E-state index contributed by atoms with van der Waals surface area (Å²) in [5.41, 5.74) is 0. The van der Waals surface area contributed by atoms with Crippen molar-refractivity contribution in [3.05, 3.63) is 0 Å². The smallest absolute Gasteiger partial charge is 0.251 e. The Morgan fingerprint density at radius 2 is 1.94 bits per heavy atom. The molecule has 0 heterocycles. The maximum Gasteiger partial charge on any atom is 0.251 e. The maximum absolute atomic E-state index is 12.0. The van der Waals surface area contributed by atoms with Crippen LogP contribution in [0.2, 0.25) is 0 Å². The van der Waals surface area contributed by atoms with E-state index in [2.05, 4.69) is 19.2 Å². The number of carbonyl (C=O) groups is 1. The van der Waals surface area contributed by atoms with Crippen molar-refractivity contribution >= 4 is 5.91 Å². The second-order valence-electron chi connectivity index (χ2n) is 4.54. The first-order valence-electron chi connectivity index (χ1n) is 6.71. The zero-order chi connectivity index (χ0) is 13.3. The Hall–Kier alpha value is -0.610. The molecule has 0 aromatic rings. The van der Waals surface area contributed by atoms with E-state index in [0.717, 1.165) is 38.8 Å². The zero-order valence-corrected chi connectivity index (χ0v) is 11.7. The van der Waals surface area contributed by atoms with Gasteiger partial charge in [-0.25, -0.2) is 0 Å². The summed E-state index contributed by atoms with van der Waals surface area (Å²) in [6.45, 7) is 7.37. The average Bonchev–Trinajstić information content (AvgIpc) is 2.31. The van der Waals surface area contributed by atoms with Crippen molar-refractivity contribution < 1.29 is 9.90 Å². The molecule has 0 fully saturated rings. The third kappa shape index (κ3) is 6.03. The van der Waals surface area contributed by atoms with E-state index in [9.17, 15) is 9.90 Å². The van der Waals surface area contributed by atoms with Crippen LogP contribution >= 0.6 is 0 Å². The number of aliphatic hydroxyl groups is 1. The van der Waals surface area contributed by atoms with Gasteiger partial charge in [-0.2, -0.15) is 0 Å². The van der Waals surface area contributed by atoms with Crippen LogP contribution in [0.15, 0.2) is 0 Å². The first kappa shape index (κ1) is 16.4. The number of nitrogens with one attached hydrogen (secondary N) is 1. The molecule has 4 nitrogen and oxygen atoms in total. The normalized spacial score (nSPS) is 14.4. The molecule has 0 spiro atoms. The molecule has 0 saturated carbocycles. The van der Waals surface area contributed by atoms with Gasteiger partial charge in [0.1, 0.15) is 6.10 Å². The monoisotopic (exact) mass is 244 g/mol. The van der Waals surface area contributed by atoms with E-state index < -0.39 is 6.10 Å². The topological polar surface area (TPSA) is 52.6 Å². The van der Waals surface area contributed by atoms with Gasteiger partial charge in [0.25, 0.3) is 5.91 Å². The summed E-state index contributed by atoms with van der Waals surface area (Å²) < 4.78 is 0. The fourth-order valence-electron chi connectivity index (χ4n) is 2.05. The molecule has 0 aliphatic heterocycles. The SMILES string of the molecule is CCCC(CCNC)N(CCC)C(=O)C(C)O. The lowest BCUT2D eigenvalue weighted by molar-refractivity contribution is -0.142. The van der Waals surface area contributed by atoms with Crippen LogP contribution in [0.1, 0.15) is 46.5 Å². The zero-order valence-electron chi connectivity index (χ0n) is 11.7. The van der Waals surface area contributed by atoms with E-state index in [0.29, 0.717) is 0 Å². The molecule has 0 aromatic heterocycles. The first-order valence-corrected chi connectivity index (χ1v) is 6.71. The van der Waals surface area contributed by atoms with E-state index in [1.165, 1.54) is 0 Å². The Bertz CT molecular complexity index is 208. The average molecular weight is 244 g/mol. The van der Waals surface area contributed by atoms with Gasteiger partial charge in [-0.3, -0.25) is 4.79 Å². The van der Waals surface area contributed by atoms with Gasteiger partial charge in [-0.1, -0.05) is 20.3 Å². The van der Waals surface area contributed by atoms with Crippen molar-refractivity contribution in [2.45, 2.75) is 58.6 Å². The van der Waals surface area contributed by atoms with Crippen LogP contribution in [-0.4, -0.2) is 48.2 Å². The van der Waals surface area contributed by atoms with E-state index in [1.807, 2.05) is 11.9 Å². The molecule has 4 heteroatoms. The summed E-state index contributed by atoms with van der Waals surface area (Å²) in [6.07, 6.45) is 3.04. The Balaban J connectivity index is 4.62. The Morgan fingerprint density at radius 1 is 1.29 bits per heavy atom. The van der Waals surface area contributed by atoms with Gasteiger partial charge in [0.05, 0.1) is 0 Å². The minimum absolute atomic E-state index is 0.138. The number of amides is 1. The van der Waals surface area contributed by atoms with Crippen LogP contribution in [0.3, 0.4) is 0 Å². The minimum Gasteiger partial charge on any atom is -0.384 e. The van der Waals surface area contributed by atoms with Crippen molar-refractivity contribution in [1.29, 1.82) is 0 Å². The summed E-state index contributed by atoms with van der Waals surface area (Å²) >= 11 is 0. The predicted molar refractivity (Wildman–Crippen MR) is 70.9 cm³/mol. The summed E-state index contributed by atoms with van der Waals surface area (Å²) in [5.74, 6) is -0.138. The van der Waals surface area contributed by atoms with Crippen molar-refractivity contribution in [2.75, 3.05) is 20.1 Å². The van der Waals surface area contributed by atoms with E-state index in [-0.39, 0.29) is 11.9 Å². The van der Waals surface area contributed by atoms with Crippen molar-refractivity contribution in [2.24, 2.45) is 0 Å². The van der Waals surface area contributed by atoms with E-state index in [1.54, 1.807) is 6.92 Å². The predicted octanol–water partition coefficient (Wildman–Crippen LogP) is 1.38. The van der Waals surface area contributed by atoms with Crippen LogP contribution in [-0.2, 0) is 4.79 Å². The number of hydrogen-bond donors (Lipinski definition) is 2. The molecule has 0 saturated heterocycles. The Kier molecular flexibility index (Phi) is 9.09. The minimum atomic E-state index is -0.893. The molecule has 0 aliphatic rings. The molecule has 2 N–H and O–H groups in total. The molecule has 0 aromatic carbocycles. The fourth-order valence-corrected chi connectivity index (χ4v) is 2.05. The number of rotatable bonds is 9. The van der Waals surface area contributed by atoms with Gasteiger partial charge < -0.3 is 15.3 Å². The number of carbonyl (C=O) groups excluding carboxylic acids is 1. The first-order chi connectivity index (χ1) is 8.08. The van der Waals surface area contributed by atoms with Crippen molar-refractivity contribution in [3.63, 3.8) is 0 Å². The van der Waals surface area contributed by atoms with Crippen LogP contribution in [0.4, 0.5) is 0 Å². The van der Waals surface area contributed by atoms with Crippen LogP contribution < -0.4 is 5.32 Å². The van der Waals surface area contributed by atoms with E-state index in [4.69, 9.17) is 0 Å². The lowest BCUT2D eigenvalue weighted by Gasteiger charge is -2.32. The van der Waals surface area contributed by atoms with E-state index >= 15 is 0 Å². The maximum atomic E-state index is 12.0. The van der Waals surface area contributed by atoms with Gasteiger partial charge >= 0.3 is 0 Å². The number of nitrogens with zero attached hydrogens (tertiary/aromatic N) is 1. The highest BCUT2D eigenvalue weighted by atomic mass is 16.3. The second-order valence-corrected chi connectivity index (χ2v) is 4.54. The number of aliphatic hydroxyl groups excluding tert-OH is 1. The molecule has 17 heavy (non-hydrogen) atoms. The summed E-state index contributed by atoms with van der Waals surface area (Å²) in [7, 11) is 1.92. The van der Waals surface area contributed by atoms with Gasteiger partial charge in [0.15, 0.2) is 0 Å². The molecule has 0 bridgehead atoms. The van der Waals surface area contributed by atoms with Gasteiger partial charge in [0.2, 0.25) is 0 Å². The largest absolute Gasteiger partial charge is 0.384 e. The highest BCUT2D eigenvalue weighted by Gasteiger charge is 2.24. The lowest BCUT2D eigenvalue weighted by Crippen LogP contribution is -2.46. The quantitative estimate of drug-likeness (QED) is 0.644. The van der Waals surface area contributed by atoms with Crippen molar-refractivity contribution in [3.8, 4) is 0 Å². The number of hydrogen-bond acceptors (Lipinski definition) is 3. The summed E-state index contributed by atoms with van der Waals surface area (Å²) in [5, 5.41) is 12.6. The molecule has 102 valence electrons. The Labute approximate surface area is 105 Å². The van der Waals surface area contributed by atoms with Gasteiger partial charge in [0, 0.05) is 12.6 Å². The summed E-state index contributed by atoms with van der Waals surface area (Å²) in [6, 6.07) is 0.245. The molecular weight excluding hydrogens is 216 g/mol. The third-order valence-electron chi connectivity index (χ3n) is 2.90. The molecular formula is C13H28N2O2. The van der Waals surface area contributed by atoms with Crippen LogP contribution in [0.25, 0.3) is 0 Å². The van der Waals surface area contributed by atoms with Gasteiger partial charge in [-0.15, -0.1) is 0 Å². The molecule has 0 aliphatic carbocycles.